The van der Waals surface area contributed by atoms with Gasteiger partial charge in [0.2, 0.25) is 0 Å². The van der Waals surface area contributed by atoms with Crippen molar-refractivity contribution in [2.24, 2.45) is 0 Å². The number of anilines is 6. The topological polar surface area (TPSA) is 42.1 Å². The molecule has 0 fully saturated rings. The predicted octanol–water partition coefficient (Wildman–Crippen LogP) is 20.4. The fourth-order valence-corrected chi connectivity index (χ4v) is 12.4. The van der Waals surface area contributed by atoms with Gasteiger partial charge in [0.25, 0.3) is 0 Å². The van der Waals surface area contributed by atoms with Gasteiger partial charge in [-0.05, 0) is 155 Å². The standard InChI is InChI=1S/C76H50N6/c1-3-21-57(22-4-1)81-71-29-15-11-25-65(71)67-49-63(43-45-73(67)81)79(61-41-31-51-17-7-9-19-55(51)47-61)59-37-33-53(34-38-59)75-76(78-70-28-14-13-27-69(70)77-75)54-35-39-60(40-36-54)80(62-42-32-52-18-8-10-20-56(52)48-62)64-44-46-74-68(50-64)66-26-12-16-30-72(66)82(74)58-23-5-2-6-24-58/h1-50H. The summed E-state index contributed by atoms with van der Waals surface area (Å²) < 4.78 is 4.74. The Morgan fingerprint density at radius 3 is 1.00 bits per heavy atom. The molecule has 384 valence electrons. The molecule has 0 unspecified atom stereocenters. The number of hydrogen-bond donors (Lipinski definition) is 0. The minimum absolute atomic E-state index is 0.817. The van der Waals surface area contributed by atoms with Crippen LogP contribution in [0.15, 0.2) is 303 Å². The van der Waals surface area contributed by atoms with Gasteiger partial charge >= 0.3 is 0 Å². The second-order valence-corrected chi connectivity index (χ2v) is 21.0. The van der Waals surface area contributed by atoms with Crippen LogP contribution in [0.3, 0.4) is 0 Å². The van der Waals surface area contributed by atoms with Crippen molar-refractivity contribution in [2.75, 3.05) is 9.80 Å². The first-order valence-electron chi connectivity index (χ1n) is 27.9. The third-order valence-electron chi connectivity index (χ3n) is 16.2. The molecule has 0 radical (unpaired) electrons. The van der Waals surface area contributed by atoms with Crippen LogP contribution in [0.25, 0.3) is 110 Å². The number of aromatic nitrogens is 4. The number of nitrogens with zero attached hydrogens (tertiary/aromatic N) is 6. The Morgan fingerprint density at radius 1 is 0.232 bits per heavy atom. The SMILES string of the molecule is c1ccc(-n2c3ccccc3c3cc(N(c4ccc(-c5nc6ccccc6nc5-c5ccc(N(c6ccc7ccccc7c6)c6ccc7c(c6)c6ccccc6n7-c6ccccc6)cc5)cc4)c4ccc5ccccc5c4)ccc32)cc1. The van der Waals surface area contributed by atoms with Gasteiger partial charge in [-0.3, -0.25) is 0 Å². The van der Waals surface area contributed by atoms with Crippen molar-refractivity contribution in [3.63, 3.8) is 0 Å². The summed E-state index contributed by atoms with van der Waals surface area (Å²) in [4.78, 5) is 15.6. The minimum Gasteiger partial charge on any atom is -0.310 e. The second-order valence-electron chi connectivity index (χ2n) is 21.0. The van der Waals surface area contributed by atoms with Gasteiger partial charge in [0.1, 0.15) is 0 Å². The zero-order valence-corrected chi connectivity index (χ0v) is 44.6. The van der Waals surface area contributed by atoms with E-state index in [1.165, 1.54) is 54.1 Å². The van der Waals surface area contributed by atoms with Crippen molar-refractivity contribution in [1.82, 2.24) is 19.1 Å². The van der Waals surface area contributed by atoms with Crippen LogP contribution in [-0.4, -0.2) is 19.1 Å². The van der Waals surface area contributed by atoms with Crippen molar-refractivity contribution in [2.45, 2.75) is 0 Å². The Bertz CT molecular complexity index is 4780. The first-order chi connectivity index (χ1) is 40.6. The van der Waals surface area contributed by atoms with Gasteiger partial charge in [0, 0.05) is 78.2 Å². The molecule has 16 rings (SSSR count). The molecule has 0 N–H and O–H groups in total. The summed E-state index contributed by atoms with van der Waals surface area (Å²) >= 11 is 0. The third kappa shape index (κ3) is 7.95. The molecular formula is C76H50N6. The van der Waals surface area contributed by atoms with E-state index in [4.69, 9.17) is 9.97 Å². The lowest BCUT2D eigenvalue weighted by molar-refractivity contribution is 1.18. The summed E-state index contributed by atoms with van der Waals surface area (Å²) in [5.74, 6) is 0. The largest absolute Gasteiger partial charge is 0.310 e. The van der Waals surface area contributed by atoms with Gasteiger partial charge < -0.3 is 18.9 Å². The molecule has 0 saturated carbocycles. The molecule has 0 aliphatic rings. The molecule has 0 aliphatic heterocycles. The van der Waals surface area contributed by atoms with Crippen molar-refractivity contribution in [3.05, 3.63) is 303 Å². The first kappa shape index (κ1) is 47.0. The van der Waals surface area contributed by atoms with Crippen molar-refractivity contribution >= 4 is 110 Å². The smallest absolute Gasteiger partial charge is 0.0973 e. The number of para-hydroxylation sites is 6. The Morgan fingerprint density at radius 2 is 0.561 bits per heavy atom. The average Bonchev–Trinajstić information content (AvgIpc) is 3.98. The maximum absolute atomic E-state index is 5.41. The summed E-state index contributed by atoms with van der Waals surface area (Å²) in [5.41, 5.74) is 18.5. The van der Waals surface area contributed by atoms with E-state index in [1.807, 2.05) is 12.1 Å². The highest BCUT2D eigenvalue weighted by Gasteiger charge is 2.22. The zero-order chi connectivity index (χ0) is 54.1. The van der Waals surface area contributed by atoms with Gasteiger partial charge in [0.15, 0.2) is 0 Å². The predicted molar refractivity (Wildman–Crippen MR) is 343 cm³/mol. The van der Waals surface area contributed by atoms with Crippen molar-refractivity contribution in [3.8, 4) is 33.9 Å². The van der Waals surface area contributed by atoms with Crippen LogP contribution in [0.4, 0.5) is 34.1 Å². The van der Waals surface area contributed by atoms with Gasteiger partial charge in [-0.15, -0.1) is 0 Å². The van der Waals surface area contributed by atoms with E-state index in [1.54, 1.807) is 0 Å². The number of fused-ring (bicyclic) bond motifs is 9. The monoisotopic (exact) mass is 1050 g/mol. The van der Waals surface area contributed by atoms with E-state index in [0.29, 0.717) is 0 Å². The van der Waals surface area contributed by atoms with E-state index < -0.39 is 0 Å². The molecule has 0 spiro atoms. The van der Waals surface area contributed by atoms with Gasteiger partial charge in [0.05, 0.1) is 44.5 Å². The summed E-state index contributed by atoms with van der Waals surface area (Å²) in [6, 6.07) is 109. The van der Waals surface area contributed by atoms with Crippen LogP contribution >= 0.6 is 0 Å². The summed E-state index contributed by atoms with van der Waals surface area (Å²) in [6.07, 6.45) is 0. The van der Waals surface area contributed by atoms with Crippen molar-refractivity contribution < 1.29 is 0 Å². The molecule has 3 aromatic heterocycles. The highest BCUT2D eigenvalue weighted by Crippen LogP contribution is 2.44. The van der Waals surface area contributed by atoms with Crippen LogP contribution < -0.4 is 9.80 Å². The molecule has 13 aromatic carbocycles. The average molecular weight is 1050 g/mol. The second kappa shape index (κ2) is 19.4. The van der Waals surface area contributed by atoms with E-state index in [0.717, 1.165) is 90.1 Å². The summed E-state index contributed by atoms with van der Waals surface area (Å²) in [6.45, 7) is 0. The normalized spacial score (nSPS) is 11.7. The molecule has 6 heteroatoms. The minimum atomic E-state index is 0.817. The van der Waals surface area contributed by atoms with Gasteiger partial charge in [-0.2, -0.15) is 0 Å². The Kier molecular flexibility index (Phi) is 11.1. The Hall–Kier alpha value is -11.1. The third-order valence-corrected chi connectivity index (χ3v) is 16.2. The number of rotatable bonds is 10. The zero-order valence-electron chi connectivity index (χ0n) is 44.6. The van der Waals surface area contributed by atoms with Crippen LogP contribution in [-0.2, 0) is 0 Å². The number of benzene rings is 13. The summed E-state index contributed by atoms with van der Waals surface area (Å²) in [7, 11) is 0. The molecular weight excluding hydrogens is 997 g/mol. The summed E-state index contributed by atoms with van der Waals surface area (Å²) in [5, 5.41) is 9.55. The van der Waals surface area contributed by atoms with E-state index >= 15 is 0 Å². The Labute approximate surface area is 473 Å². The van der Waals surface area contributed by atoms with Gasteiger partial charge in [-0.1, -0.05) is 170 Å². The highest BCUT2D eigenvalue weighted by molar-refractivity contribution is 6.12. The van der Waals surface area contributed by atoms with Crippen LogP contribution in [0.1, 0.15) is 0 Å². The first-order valence-corrected chi connectivity index (χ1v) is 27.9. The van der Waals surface area contributed by atoms with Crippen molar-refractivity contribution in [1.29, 1.82) is 0 Å². The Balaban J connectivity index is 0.812. The number of hydrogen-bond acceptors (Lipinski definition) is 4. The molecule has 3 heterocycles. The molecule has 0 aliphatic carbocycles. The molecule has 0 bridgehead atoms. The van der Waals surface area contributed by atoms with Gasteiger partial charge in [-0.25, -0.2) is 9.97 Å². The maximum Gasteiger partial charge on any atom is 0.0973 e. The molecule has 0 amide bonds. The lowest BCUT2D eigenvalue weighted by atomic mass is 10.0. The molecule has 0 atom stereocenters. The molecule has 6 nitrogen and oxygen atoms in total. The molecule has 16 aromatic rings. The van der Waals surface area contributed by atoms with E-state index in [-0.39, 0.29) is 0 Å². The molecule has 0 saturated heterocycles. The highest BCUT2D eigenvalue weighted by atomic mass is 15.1. The van der Waals surface area contributed by atoms with Crippen LogP contribution in [0.5, 0.6) is 0 Å². The maximum atomic E-state index is 5.41. The van der Waals surface area contributed by atoms with E-state index in [9.17, 15) is 0 Å². The van der Waals surface area contributed by atoms with Crippen LogP contribution in [0, 0.1) is 0 Å². The molecule has 82 heavy (non-hydrogen) atoms. The van der Waals surface area contributed by atoms with Crippen LogP contribution in [0.2, 0.25) is 0 Å². The van der Waals surface area contributed by atoms with E-state index in [2.05, 4.69) is 310 Å². The lowest BCUT2D eigenvalue weighted by Crippen LogP contribution is -2.10. The lowest BCUT2D eigenvalue weighted by Gasteiger charge is -2.26. The fourth-order valence-electron chi connectivity index (χ4n) is 12.4. The quantitative estimate of drug-likeness (QED) is 0.137. The fraction of sp³-hybridized carbons (Fsp3) is 0.